The van der Waals surface area contributed by atoms with Crippen LogP contribution in [-0.2, 0) is 9.53 Å². The smallest absolute Gasteiger partial charge is 0.251 e. The van der Waals surface area contributed by atoms with Crippen molar-refractivity contribution in [2.75, 3.05) is 37.7 Å². The summed E-state index contributed by atoms with van der Waals surface area (Å²) in [6.07, 6.45) is 1.22. The molecule has 5 heteroatoms. The Hall–Kier alpha value is -2.01. The van der Waals surface area contributed by atoms with Crippen molar-refractivity contribution < 1.29 is 14.6 Å². The number of anilines is 1. The van der Waals surface area contributed by atoms with Gasteiger partial charge in [0.25, 0.3) is 5.91 Å². The minimum atomic E-state index is -0.428. The Labute approximate surface area is 125 Å². The van der Waals surface area contributed by atoms with Crippen LogP contribution in [0.5, 0.6) is 5.75 Å². The van der Waals surface area contributed by atoms with Crippen LogP contribution in [0, 0.1) is 0 Å². The molecule has 0 spiro atoms. The van der Waals surface area contributed by atoms with E-state index >= 15 is 0 Å². The Morgan fingerprint density at radius 3 is 2.52 bits per heavy atom. The van der Waals surface area contributed by atoms with Crippen LogP contribution in [0.4, 0.5) is 5.69 Å². The lowest BCUT2D eigenvalue weighted by Crippen LogP contribution is -2.51. The third-order valence-corrected chi connectivity index (χ3v) is 3.62. The number of benzene rings is 1. The number of aromatic hydroxyl groups is 1. The number of phenolic OH excluding ortho intramolecular Hbond substituents is 1. The number of amides is 1. The maximum absolute atomic E-state index is 12.2. The molecule has 1 aliphatic rings. The predicted molar refractivity (Wildman–Crippen MR) is 82.5 cm³/mol. The first-order valence-corrected chi connectivity index (χ1v) is 7.17. The van der Waals surface area contributed by atoms with Crippen LogP contribution < -0.4 is 4.90 Å². The van der Waals surface area contributed by atoms with E-state index in [2.05, 4.69) is 11.5 Å². The van der Waals surface area contributed by atoms with Crippen molar-refractivity contribution in [3.8, 4) is 5.75 Å². The summed E-state index contributed by atoms with van der Waals surface area (Å²) in [5.41, 5.74) is 1.07. The van der Waals surface area contributed by atoms with Gasteiger partial charge in [0, 0.05) is 31.9 Å². The van der Waals surface area contributed by atoms with Gasteiger partial charge in [-0.2, -0.15) is 0 Å². The number of rotatable bonds is 5. The van der Waals surface area contributed by atoms with E-state index in [0.717, 1.165) is 18.8 Å². The standard InChI is InChI=1S/C16H22N2O3/c1-3-12-21-13(2)16(20)18-10-8-17(9-11-18)14-4-6-15(19)7-5-14/h3-7,13,19H,1,8-12H2,2H3. The molecule has 1 atom stereocenters. The summed E-state index contributed by atoms with van der Waals surface area (Å²) in [6, 6.07) is 7.14. The molecular formula is C16H22N2O3. The van der Waals surface area contributed by atoms with Crippen molar-refractivity contribution in [3.63, 3.8) is 0 Å². The first-order chi connectivity index (χ1) is 10.1. The number of nitrogens with zero attached hydrogens (tertiary/aromatic N) is 2. The van der Waals surface area contributed by atoms with E-state index in [4.69, 9.17) is 4.74 Å². The van der Waals surface area contributed by atoms with E-state index in [9.17, 15) is 9.90 Å². The summed E-state index contributed by atoms with van der Waals surface area (Å²) < 4.78 is 5.38. The lowest BCUT2D eigenvalue weighted by atomic mass is 10.2. The minimum Gasteiger partial charge on any atom is -0.508 e. The molecule has 1 aliphatic heterocycles. The average molecular weight is 290 g/mol. The fourth-order valence-corrected chi connectivity index (χ4v) is 2.39. The van der Waals surface area contributed by atoms with Gasteiger partial charge in [-0.3, -0.25) is 4.79 Å². The van der Waals surface area contributed by atoms with Gasteiger partial charge < -0.3 is 19.6 Å². The van der Waals surface area contributed by atoms with Gasteiger partial charge in [-0.1, -0.05) is 6.08 Å². The van der Waals surface area contributed by atoms with Gasteiger partial charge in [-0.05, 0) is 31.2 Å². The molecule has 0 aliphatic carbocycles. The highest BCUT2D eigenvalue weighted by Crippen LogP contribution is 2.20. The normalized spacial score (nSPS) is 16.6. The second-order valence-corrected chi connectivity index (χ2v) is 5.09. The summed E-state index contributed by atoms with van der Waals surface area (Å²) in [5, 5.41) is 9.31. The van der Waals surface area contributed by atoms with E-state index in [-0.39, 0.29) is 11.7 Å². The van der Waals surface area contributed by atoms with E-state index in [1.807, 2.05) is 17.0 Å². The molecule has 2 rings (SSSR count). The number of piperazine rings is 1. The zero-order chi connectivity index (χ0) is 15.2. The highest BCUT2D eigenvalue weighted by atomic mass is 16.5. The van der Waals surface area contributed by atoms with Crippen molar-refractivity contribution in [2.45, 2.75) is 13.0 Å². The average Bonchev–Trinajstić information content (AvgIpc) is 2.53. The Morgan fingerprint density at radius 1 is 1.33 bits per heavy atom. The van der Waals surface area contributed by atoms with E-state index in [1.54, 1.807) is 25.1 Å². The van der Waals surface area contributed by atoms with Gasteiger partial charge in [0.2, 0.25) is 0 Å². The van der Waals surface area contributed by atoms with E-state index in [0.29, 0.717) is 19.7 Å². The van der Waals surface area contributed by atoms with Crippen molar-refractivity contribution in [3.05, 3.63) is 36.9 Å². The molecule has 1 saturated heterocycles. The SMILES string of the molecule is C=CCOC(C)C(=O)N1CCN(c2ccc(O)cc2)CC1. The molecule has 5 nitrogen and oxygen atoms in total. The molecule has 0 aromatic heterocycles. The number of carbonyl (C=O) groups excluding carboxylic acids is 1. The van der Waals surface area contributed by atoms with Crippen LogP contribution in [0.3, 0.4) is 0 Å². The molecule has 1 heterocycles. The second-order valence-electron chi connectivity index (χ2n) is 5.09. The van der Waals surface area contributed by atoms with Gasteiger partial charge in [0.05, 0.1) is 6.61 Å². The van der Waals surface area contributed by atoms with E-state index in [1.165, 1.54) is 0 Å². The summed E-state index contributed by atoms with van der Waals surface area (Å²) in [5.74, 6) is 0.294. The lowest BCUT2D eigenvalue weighted by Gasteiger charge is -2.37. The summed E-state index contributed by atoms with van der Waals surface area (Å²) in [4.78, 5) is 16.3. The minimum absolute atomic E-state index is 0.0298. The number of hydrogen-bond acceptors (Lipinski definition) is 4. The largest absolute Gasteiger partial charge is 0.508 e. The maximum Gasteiger partial charge on any atom is 0.251 e. The van der Waals surface area contributed by atoms with E-state index < -0.39 is 6.10 Å². The molecule has 21 heavy (non-hydrogen) atoms. The summed E-state index contributed by atoms with van der Waals surface area (Å²) in [6.45, 7) is 8.67. The topological polar surface area (TPSA) is 53.0 Å². The number of carbonyl (C=O) groups is 1. The first kappa shape index (κ1) is 15.4. The van der Waals surface area contributed by atoms with Gasteiger partial charge in [-0.15, -0.1) is 6.58 Å². The highest BCUT2D eigenvalue weighted by Gasteiger charge is 2.25. The van der Waals surface area contributed by atoms with Gasteiger partial charge >= 0.3 is 0 Å². The Kier molecular flexibility index (Phi) is 5.22. The molecule has 1 N–H and O–H groups in total. The Balaban J connectivity index is 1.86. The van der Waals surface area contributed by atoms with Crippen molar-refractivity contribution in [1.82, 2.24) is 4.90 Å². The third-order valence-electron chi connectivity index (χ3n) is 3.62. The molecular weight excluding hydrogens is 268 g/mol. The molecule has 0 radical (unpaired) electrons. The van der Waals surface area contributed by atoms with Crippen LogP contribution in [0.1, 0.15) is 6.92 Å². The van der Waals surface area contributed by atoms with Crippen LogP contribution >= 0.6 is 0 Å². The van der Waals surface area contributed by atoms with Crippen molar-refractivity contribution in [2.24, 2.45) is 0 Å². The van der Waals surface area contributed by atoms with Crippen LogP contribution in [0.25, 0.3) is 0 Å². The van der Waals surface area contributed by atoms with Crippen LogP contribution in [0.15, 0.2) is 36.9 Å². The van der Waals surface area contributed by atoms with Crippen LogP contribution in [-0.4, -0.2) is 54.8 Å². The second kappa shape index (κ2) is 7.13. The number of ether oxygens (including phenoxy) is 1. The quantitative estimate of drug-likeness (QED) is 0.838. The lowest BCUT2D eigenvalue weighted by molar-refractivity contribution is -0.142. The first-order valence-electron chi connectivity index (χ1n) is 7.17. The number of hydrogen-bond donors (Lipinski definition) is 1. The fourth-order valence-electron chi connectivity index (χ4n) is 2.39. The summed E-state index contributed by atoms with van der Waals surface area (Å²) >= 11 is 0. The van der Waals surface area contributed by atoms with Gasteiger partial charge in [0.1, 0.15) is 11.9 Å². The van der Waals surface area contributed by atoms with Gasteiger partial charge in [-0.25, -0.2) is 0 Å². The zero-order valence-electron chi connectivity index (χ0n) is 12.4. The maximum atomic E-state index is 12.2. The molecule has 1 fully saturated rings. The summed E-state index contributed by atoms with van der Waals surface area (Å²) in [7, 11) is 0. The zero-order valence-corrected chi connectivity index (χ0v) is 12.4. The molecule has 0 bridgehead atoms. The van der Waals surface area contributed by atoms with Gasteiger partial charge in [0.15, 0.2) is 0 Å². The molecule has 0 saturated carbocycles. The molecule has 114 valence electrons. The fraction of sp³-hybridized carbons (Fsp3) is 0.438. The highest BCUT2D eigenvalue weighted by molar-refractivity contribution is 5.80. The Morgan fingerprint density at radius 2 is 1.95 bits per heavy atom. The van der Waals surface area contributed by atoms with Crippen molar-refractivity contribution >= 4 is 11.6 Å². The number of phenols is 1. The van der Waals surface area contributed by atoms with Crippen molar-refractivity contribution in [1.29, 1.82) is 0 Å². The predicted octanol–water partition coefficient (Wildman–Crippen LogP) is 1.63. The molecule has 1 aromatic rings. The van der Waals surface area contributed by atoms with Crippen LogP contribution in [0.2, 0.25) is 0 Å². The molecule has 1 aromatic carbocycles. The third kappa shape index (κ3) is 3.98. The monoisotopic (exact) mass is 290 g/mol. The molecule has 1 unspecified atom stereocenters. The Bertz CT molecular complexity index is 479. The molecule has 1 amide bonds.